The first-order valence-corrected chi connectivity index (χ1v) is 6.87. The molecule has 0 fully saturated rings. The number of halogens is 1. The summed E-state index contributed by atoms with van der Waals surface area (Å²) >= 11 is 6.03. The molecule has 102 valence electrons. The van der Waals surface area contributed by atoms with Gasteiger partial charge in [0, 0.05) is 17.0 Å². The van der Waals surface area contributed by atoms with Gasteiger partial charge in [0.15, 0.2) is 0 Å². The number of aryl methyl sites for hydroxylation is 2. The van der Waals surface area contributed by atoms with Crippen LogP contribution in [0.2, 0.25) is 5.02 Å². The molecule has 0 aliphatic heterocycles. The summed E-state index contributed by atoms with van der Waals surface area (Å²) in [6, 6.07) is 5.73. The van der Waals surface area contributed by atoms with Crippen LogP contribution in [0.4, 0.5) is 0 Å². The van der Waals surface area contributed by atoms with Gasteiger partial charge in [-0.3, -0.25) is 0 Å². The zero-order valence-corrected chi connectivity index (χ0v) is 12.0. The maximum atomic E-state index is 6.03. The predicted octanol–water partition coefficient (Wildman–Crippen LogP) is 3.24. The molecule has 1 aromatic heterocycles. The average molecular weight is 280 g/mol. The largest absolute Gasteiger partial charge is 0.421 e. The van der Waals surface area contributed by atoms with Crippen molar-refractivity contribution in [1.82, 2.24) is 15.5 Å². The zero-order valence-electron chi connectivity index (χ0n) is 11.2. The second-order valence-corrected chi connectivity index (χ2v) is 4.91. The van der Waals surface area contributed by atoms with Crippen LogP contribution in [0.1, 0.15) is 24.8 Å². The van der Waals surface area contributed by atoms with Crippen LogP contribution in [0.15, 0.2) is 22.6 Å². The smallest absolute Gasteiger partial charge is 0.247 e. The minimum absolute atomic E-state index is 0.532. The third-order valence-corrected chi connectivity index (χ3v) is 2.97. The molecule has 0 aliphatic carbocycles. The molecule has 1 N–H and O–H groups in total. The van der Waals surface area contributed by atoms with Crippen LogP contribution in [-0.4, -0.2) is 23.3 Å². The summed E-state index contributed by atoms with van der Waals surface area (Å²) in [5.74, 6) is 1.20. The molecule has 0 saturated heterocycles. The number of hydrogen-bond acceptors (Lipinski definition) is 4. The van der Waals surface area contributed by atoms with Crippen LogP contribution >= 0.6 is 11.6 Å². The molecule has 19 heavy (non-hydrogen) atoms. The summed E-state index contributed by atoms with van der Waals surface area (Å²) in [6.07, 6.45) is 1.78. The Kier molecular flexibility index (Phi) is 4.93. The van der Waals surface area contributed by atoms with E-state index in [2.05, 4.69) is 22.4 Å². The maximum Gasteiger partial charge on any atom is 0.247 e. The van der Waals surface area contributed by atoms with Crippen molar-refractivity contribution in [2.75, 3.05) is 13.1 Å². The van der Waals surface area contributed by atoms with Gasteiger partial charge in [0.1, 0.15) is 0 Å². The Morgan fingerprint density at radius 2 is 2.11 bits per heavy atom. The van der Waals surface area contributed by atoms with Crippen LogP contribution in [0.3, 0.4) is 0 Å². The quantitative estimate of drug-likeness (QED) is 0.825. The van der Waals surface area contributed by atoms with Crippen molar-refractivity contribution in [2.24, 2.45) is 0 Å². The van der Waals surface area contributed by atoms with Crippen molar-refractivity contribution in [3.63, 3.8) is 0 Å². The van der Waals surface area contributed by atoms with Gasteiger partial charge in [-0.2, -0.15) is 0 Å². The van der Waals surface area contributed by atoms with E-state index in [1.165, 1.54) is 0 Å². The topological polar surface area (TPSA) is 51.0 Å². The summed E-state index contributed by atoms with van der Waals surface area (Å²) in [7, 11) is 0. The number of nitrogens with zero attached hydrogens (tertiary/aromatic N) is 2. The van der Waals surface area contributed by atoms with Crippen LogP contribution < -0.4 is 5.32 Å². The summed E-state index contributed by atoms with van der Waals surface area (Å²) in [4.78, 5) is 0. The molecule has 2 aromatic rings. The molecule has 0 bridgehead atoms. The van der Waals surface area contributed by atoms with Gasteiger partial charge in [-0.05, 0) is 50.2 Å². The third kappa shape index (κ3) is 4.04. The Labute approximate surface area is 118 Å². The van der Waals surface area contributed by atoms with Crippen LogP contribution in [0.25, 0.3) is 11.5 Å². The molecule has 0 unspecified atom stereocenters. The van der Waals surface area contributed by atoms with E-state index < -0.39 is 0 Å². The van der Waals surface area contributed by atoms with Gasteiger partial charge in [0.25, 0.3) is 0 Å². The lowest BCUT2D eigenvalue weighted by atomic mass is 10.1. The Morgan fingerprint density at radius 3 is 2.84 bits per heavy atom. The van der Waals surface area contributed by atoms with Gasteiger partial charge in [0.2, 0.25) is 11.8 Å². The average Bonchev–Trinajstić information content (AvgIpc) is 2.82. The highest BCUT2D eigenvalue weighted by Crippen LogP contribution is 2.23. The molecule has 0 saturated carbocycles. The summed E-state index contributed by atoms with van der Waals surface area (Å²) in [5.41, 5.74) is 1.95. The third-order valence-electron chi connectivity index (χ3n) is 2.75. The predicted molar refractivity (Wildman–Crippen MR) is 76.3 cm³/mol. The van der Waals surface area contributed by atoms with E-state index >= 15 is 0 Å². The molecule has 0 radical (unpaired) electrons. The molecule has 4 nitrogen and oxygen atoms in total. The molecule has 1 heterocycles. The highest BCUT2D eigenvalue weighted by molar-refractivity contribution is 6.30. The summed E-state index contributed by atoms with van der Waals surface area (Å²) < 4.78 is 5.65. The number of hydrogen-bond donors (Lipinski definition) is 1. The van der Waals surface area contributed by atoms with Crippen molar-refractivity contribution >= 4 is 11.6 Å². The first kappa shape index (κ1) is 14.0. The van der Waals surface area contributed by atoms with E-state index in [-0.39, 0.29) is 0 Å². The molecule has 0 aliphatic rings. The van der Waals surface area contributed by atoms with Crippen LogP contribution in [0, 0.1) is 6.92 Å². The van der Waals surface area contributed by atoms with Gasteiger partial charge < -0.3 is 9.73 Å². The van der Waals surface area contributed by atoms with E-state index in [1.807, 2.05) is 25.1 Å². The Hall–Kier alpha value is -1.39. The van der Waals surface area contributed by atoms with Crippen molar-refractivity contribution < 1.29 is 4.42 Å². The lowest BCUT2D eigenvalue weighted by molar-refractivity contribution is 0.492. The fraction of sp³-hybridized carbons (Fsp3) is 0.429. The van der Waals surface area contributed by atoms with E-state index in [1.54, 1.807) is 0 Å². The number of rotatable bonds is 6. The van der Waals surface area contributed by atoms with Crippen molar-refractivity contribution in [1.29, 1.82) is 0 Å². The highest BCUT2D eigenvalue weighted by atomic mass is 35.5. The Bertz CT molecular complexity index is 519. The minimum atomic E-state index is 0.532. The molecule has 0 spiro atoms. The van der Waals surface area contributed by atoms with E-state index in [0.717, 1.165) is 37.1 Å². The van der Waals surface area contributed by atoms with E-state index in [0.29, 0.717) is 16.8 Å². The van der Waals surface area contributed by atoms with Crippen molar-refractivity contribution in [3.05, 3.63) is 34.7 Å². The van der Waals surface area contributed by atoms with Gasteiger partial charge in [-0.15, -0.1) is 10.2 Å². The molecule has 2 rings (SSSR count). The van der Waals surface area contributed by atoms with Gasteiger partial charge in [-0.25, -0.2) is 0 Å². The first-order chi connectivity index (χ1) is 9.19. The summed E-state index contributed by atoms with van der Waals surface area (Å²) in [5, 5.41) is 12.1. The van der Waals surface area contributed by atoms with E-state index in [4.69, 9.17) is 16.0 Å². The molecule has 0 amide bonds. The second kappa shape index (κ2) is 6.68. The standard InChI is InChI=1S/C14H18ClN3O/c1-3-16-6-4-5-13-17-18-14(19-13)11-7-10(2)8-12(15)9-11/h7-9,16H,3-6H2,1-2H3. The summed E-state index contributed by atoms with van der Waals surface area (Å²) in [6.45, 7) is 6.02. The van der Waals surface area contributed by atoms with Crippen molar-refractivity contribution in [3.8, 4) is 11.5 Å². The fourth-order valence-electron chi connectivity index (χ4n) is 1.87. The normalized spacial score (nSPS) is 10.9. The SMILES string of the molecule is CCNCCCc1nnc(-c2cc(C)cc(Cl)c2)o1. The molecule has 0 atom stereocenters. The van der Waals surface area contributed by atoms with Crippen LogP contribution in [-0.2, 0) is 6.42 Å². The van der Waals surface area contributed by atoms with Gasteiger partial charge in [-0.1, -0.05) is 18.5 Å². The number of benzene rings is 1. The molecular weight excluding hydrogens is 262 g/mol. The van der Waals surface area contributed by atoms with Gasteiger partial charge in [0.05, 0.1) is 0 Å². The number of nitrogens with one attached hydrogen (secondary N) is 1. The minimum Gasteiger partial charge on any atom is -0.421 e. The lowest BCUT2D eigenvalue weighted by Gasteiger charge is -1.99. The Morgan fingerprint density at radius 1 is 1.26 bits per heavy atom. The lowest BCUT2D eigenvalue weighted by Crippen LogP contribution is -2.14. The molecule has 5 heteroatoms. The fourth-order valence-corrected chi connectivity index (χ4v) is 2.16. The second-order valence-electron chi connectivity index (χ2n) is 4.48. The van der Waals surface area contributed by atoms with Crippen LogP contribution in [0.5, 0.6) is 0 Å². The molecule has 1 aromatic carbocycles. The highest BCUT2D eigenvalue weighted by Gasteiger charge is 2.09. The monoisotopic (exact) mass is 279 g/mol. The molecular formula is C14H18ClN3O. The zero-order chi connectivity index (χ0) is 13.7. The van der Waals surface area contributed by atoms with Crippen molar-refractivity contribution in [2.45, 2.75) is 26.7 Å². The first-order valence-electron chi connectivity index (χ1n) is 6.49. The van der Waals surface area contributed by atoms with Gasteiger partial charge >= 0.3 is 0 Å². The number of aromatic nitrogens is 2. The maximum absolute atomic E-state index is 6.03. The Balaban J connectivity index is 2.03. The van der Waals surface area contributed by atoms with E-state index in [9.17, 15) is 0 Å².